The van der Waals surface area contributed by atoms with Gasteiger partial charge in [-0.2, -0.15) is 0 Å². The highest BCUT2D eigenvalue weighted by atomic mass is 16.5. The smallest absolute Gasteiger partial charge is 0.339 e. The van der Waals surface area contributed by atoms with Crippen LogP contribution < -0.4 is 4.74 Å². The summed E-state index contributed by atoms with van der Waals surface area (Å²) in [5.41, 5.74) is -0.957. The molecule has 0 spiro atoms. The third-order valence-corrected chi connectivity index (χ3v) is 2.06. The minimum Gasteiger partial charge on any atom is -0.490 e. The lowest BCUT2D eigenvalue weighted by Crippen LogP contribution is -2.41. The van der Waals surface area contributed by atoms with Crippen molar-refractivity contribution in [1.29, 1.82) is 0 Å². The van der Waals surface area contributed by atoms with Gasteiger partial charge in [-0.25, -0.2) is 4.79 Å². The summed E-state index contributed by atoms with van der Waals surface area (Å²) in [5.74, 6) is -0.713. The summed E-state index contributed by atoms with van der Waals surface area (Å²) in [6, 6.07) is 7.23. The van der Waals surface area contributed by atoms with E-state index in [4.69, 9.17) is 9.84 Å². The van der Waals surface area contributed by atoms with Crippen molar-refractivity contribution in [1.82, 2.24) is 0 Å². The second-order valence-electron chi connectivity index (χ2n) is 3.63. The van der Waals surface area contributed by atoms with E-state index in [2.05, 4.69) is 0 Å². The van der Waals surface area contributed by atoms with Crippen LogP contribution in [0.1, 0.15) is 12.5 Å². The third kappa shape index (κ3) is 2.95. The first-order chi connectivity index (χ1) is 6.93. The predicted molar refractivity (Wildman–Crippen MR) is 54.9 cm³/mol. The first-order valence-electron chi connectivity index (χ1n) is 4.58. The summed E-state index contributed by atoms with van der Waals surface area (Å²) in [6.45, 7) is 2.78. The fourth-order valence-electron chi connectivity index (χ4n) is 0.998. The molecule has 0 aliphatic heterocycles. The maximum atomic E-state index is 10.6. The Morgan fingerprint density at radius 3 is 2.60 bits per heavy atom. The van der Waals surface area contributed by atoms with Gasteiger partial charge in [-0.1, -0.05) is 18.2 Å². The van der Waals surface area contributed by atoms with Crippen LogP contribution in [-0.2, 0) is 4.79 Å². The Morgan fingerprint density at radius 1 is 1.47 bits per heavy atom. The number of benzene rings is 1. The van der Waals surface area contributed by atoms with Crippen molar-refractivity contribution in [2.75, 3.05) is 6.61 Å². The van der Waals surface area contributed by atoms with Crippen molar-refractivity contribution in [3.05, 3.63) is 29.8 Å². The van der Waals surface area contributed by atoms with E-state index in [0.717, 1.165) is 5.56 Å². The number of carboxylic acid groups (broad SMARTS) is 1. The van der Waals surface area contributed by atoms with Gasteiger partial charge in [0.1, 0.15) is 12.4 Å². The van der Waals surface area contributed by atoms with E-state index in [0.29, 0.717) is 5.75 Å². The molecule has 1 rings (SSSR count). The van der Waals surface area contributed by atoms with Gasteiger partial charge in [0.25, 0.3) is 0 Å². The number of carbonyl (C=O) groups is 1. The Morgan fingerprint density at radius 2 is 2.07 bits per heavy atom. The molecule has 0 heterocycles. The van der Waals surface area contributed by atoms with Crippen molar-refractivity contribution in [3.8, 4) is 5.75 Å². The summed E-state index contributed by atoms with van der Waals surface area (Å²) < 4.78 is 5.23. The molecule has 0 aliphatic carbocycles. The fourth-order valence-corrected chi connectivity index (χ4v) is 0.998. The van der Waals surface area contributed by atoms with E-state index in [1.165, 1.54) is 6.92 Å². The number of ether oxygens (including phenoxy) is 1. The topological polar surface area (TPSA) is 66.8 Å². The van der Waals surface area contributed by atoms with Crippen LogP contribution >= 0.6 is 0 Å². The third-order valence-electron chi connectivity index (χ3n) is 2.06. The van der Waals surface area contributed by atoms with Crippen LogP contribution in [0.3, 0.4) is 0 Å². The molecule has 4 heteroatoms. The first-order valence-corrected chi connectivity index (χ1v) is 4.58. The molecule has 82 valence electrons. The van der Waals surface area contributed by atoms with Crippen LogP contribution in [0.4, 0.5) is 0 Å². The molecule has 0 aliphatic rings. The summed E-state index contributed by atoms with van der Waals surface area (Å²) in [5, 5.41) is 18.1. The number of aliphatic hydroxyl groups is 1. The van der Waals surface area contributed by atoms with Gasteiger partial charge in [0.2, 0.25) is 0 Å². The number of carboxylic acids is 1. The molecule has 0 aromatic heterocycles. The molecule has 1 unspecified atom stereocenters. The monoisotopic (exact) mass is 210 g/mol. The predicted octanol–water partition coefficient (Wildman–Crippen LogP) is 1.21. The van der Waals surface area contributed by atoms with Gasteiger partial charge in [0, 0.05) is 0 Å². The molecule has 0 saturated heterocycles. The number of hydrogen-bond donors (Lipinski definition) is 2. The van der Waals surface area contributed by atoms with Crippen LogP contribution in [0.2, 0.25) is 0 Å². The summed E-state index contributed by atoms with van der Waals surface area (Å²) >= 11 is 0. The number of hydrogen-bond acceptors (Lipinski definition) is 3. The zero-order chi connectivity index (χ0) is 11.5. The fraction of sp³-hybridized carbons (Fsp3) is 0.364. The van der Waals surface area contributed by atoms with E-state index < -0.39 is 11.6 Å². The van der Waals surface area contributed by atoms with Gasteiger partial charge in [-0.3, -0.25) is 0 Å². The van der Waals surface area contributed by atoms with Gasteiger partial charge in [0.15, 0.2) is 5.60 Å². The molecule has 0 saturated carbocycles. The molecule has 1 atom stereocenters. The molecule has 0 bridgehead atoms. The van der Waals surface area contributed by atoms with Crippen molar-refractivity contribution < 1.29 is 19.7 Å². The van der Waals surface area contributed by atoms with E-state index >= 15 is 0 Å². The maximum Gasteiger partial charge on any atom is 0.339 e. The number of rotatable bonds is 4. The standard InChI is InChI=1S/C11H14O4/c1-8-5-3-4-6-9(8)15-7-11(2,14)10(12)13/h3-6,14H,7H2,1-2H3,(H,12,13). The molecule has 0 amide bonds. The maximum absolute atomic E-state index is 10.6. The zero-order valence-corrected chi connectivity index (χ0v) is 8.73. The van der Waals surface area contributed by atoms with Gasteiger partial charge in [0.05, 0.1) is 0 Å². The van der Waals surface area contributed by atoms with Crippen molar-refractivity contribution in [2.24, 2.45) is 0 Å². The number of aliphatic carboxylic acids is 1. The van der Waals surface area contributed by atoms with Crippen molar-refractivity contribution in [3.63, 3.8) is 0 Å². The van der Waals surface area contributed by atoms with Crippen LogP contribution in [0.25, 0.3) is 0 Å². The van der Waals surface area contributed by atoms with Crippen LogP contribution in [-0.4, -0.2) is 28.4 Å². The lowest BCUT2D eigenvalue weighted by Gasteiger charge is -2.19. The van der Waals surface area contributed by atoms with E-state index in [9.17, 15) is 9.90 Å². The average Bonchev–Trinajstić information content (AvgIpc) is 2.16. The van der Waals surface area contributed by atoms with Crippen molar-refractivity contribution >= 4 is 5.97 Å². The van der Waals surface area contributed by atoms with Crippen LogP contribution in [0.5, 0.6) is 5.75 Å². The van der Waals surface area contributed by atoms with E-state index in [-0.39, 0.29) is 6.61 Å². The number of aryl methyl sites for hydroxylation is 1. The second kappa shape index (κ2) is 4.31. The van der Waals surface area contributed by atoms with E-state index in [1.54, 1.807) is 12.1 Å². The van der Waals surface area contributed by atoms with Gasteiger partial charge in [-0.05, 0) is 25.5 Å². The summed E-state index contributed by atoms with van der Waals surface area (Å²) in [6.07, 6.45) is 0. The van der Waals surface area contributed by atoms with Gasteiger partial charge >= 0.3 is 5.97 Å². The minimum absolute atomic E-state index is 0.271. The summed E-state index contributed by atoms with van der Waals surface area (Å²) in [7, 11) is 0. The molecular weight excluding hydrogens is 196 g/mol. The average molecular weight is 210 g/mol. The Hall–Kier alpha value is -1.55. The minimum atomic E-state index is -1.86. The Labute approximate surface area is 88.1 Å². The lowest BCUT2D eigenvalue weighted by atomic mass is 10.1. The normalized spacial score (nSPS) is 14.3. The molecule has 4 nitrogen and oxygen atoms in total. The van der Waals surface area contributed by atoms with Crippen LogP contribution in [0, 0.1) is 6.92 Å². The zero-order valence-electron chi connectivity index (χ0n) is 8.73. The largest absolute Gasteiger partial charge is 0.490 e. The van der Waals surface area contributed by atoms with Crippen molar-refractivity contribution in [2.45, 2.75) is 19.4 Å². The highest BCUT2D eigenvalue weighted by Crippen LogP contribution is 2.17. The quantitative estimate of drug-likeness (QED) is 0.783. The number of para-hydroxylation sites is 1. The molecule has 1 aromatic carbocycles. The molecule has 15 heavy (non-hydrogen) atoms. The van der Waals surface area contributed by atoms with Gasteiger partial charge in [-0.15, -0.1) is 0 Å². The molecular formula is C11H14O4. The highest BCUT2D eigenvalue weighted by molar-refractivity contribution is 5.76. The molecule has 0 radical (unpaired) electrons. The lowest BCUT2D eigenvalue weighted by molar-refractivity contribution is -0.159. The SMILES string of the molecule is Cc1ccccc1OCC(C)(O)C(=O)O. The second-order valence-corrected chi connectivity index (χ2v) is 3.63. The Kier molecular flexibility index (Phi) is 3.31. The molecule has 2 N–H and O–H groups in total. The Bertz CT molecular complexity index is 357. The highest BCUT2D eigenvalue weighted by Gasteiger charge is 2.31. The van der Waals surface area contributed by atoms with E-state index in [1.807, 2.05) is 19.1 Å². The van der Waals surface area contributed by atoms with Gasteiger partial charge < -0.3 is 14.9 Å². The first kappa shape index (κ1) is 11.5. The summed E-state index contributed by atoms with van der Waals surface area (Å²) in [4.78, 5) is 10.6. The van der Waals surface area contributed by atoms with Crippen LogP contribution in [0.15, 0.2) is 24.3 Å². The molecule has 1 aromatic rings. The Balaban J connectivity index is 2.66. The molecule has 0 fully saturated rings.